The summed E-state index contributed by atoms with van der Waals surface area (Å²) in [7, 11) is 0. The van der Waals surface area contributed by atoms with Gasteiger partial charge in [-0.3, -0.25) is 0 Å². The van der Waals surface area contributed by atoms with Crippen LogP contribution in [-0.2, 0) is 0 Å². The van der Waals surface area contributed by atoms with Crippen molar-refractivity contribution in [1.29, 1.82) is 0 Å². The first kappa shape index (κ1) is 46.7. The third-order valence-electron chi connectivity index (χ3n) is 15.6. The second-order valence-corrected chi connectivity index (χ2v) is 45.6. The summed E-state index contributed by atoms with van der Waals surface area (Å²) in [5.41, 5.74) is 0. The summed E-state index contributed by atoms with van der Waals surface area (Å²) < 4.78 is 15.8. The molecule has 4 aliphatic carbocycles. The molecule has 4 aliphatic rings. The first-order valence-electron chi connectivity index (χ1n) is 24.8. The van der Waals surface area contributed by atoms with Crippen molar-refractivity contribution >= 4 is 36.8 Å². The van der Waals surface area contributed by atoms with Gasteiger partial charge >= 0.3 is 344 Å². The zero-order valence-electron chi connectivity index (χ0n) is 36.8. The van der Waals surface area contributed by atoms with Gasteiger partial charge in [0.1, 0.15) is 0 Å². The minimum absolute atomic E-state index is 0.729. The Morgan fingerprint density at radius 2 is 0.755 bits per heavy atom. The van der Waals surface area contributed by atoms with Crippen LogP contribution in [0.3, 0.4) is 0 Å². The SMILES string of the molecule is CCC[CH2][Sn](/[CH]=C/[C@H]1[C@@H]2CCCC[C@H]2C[C@H]1NCCCN[C@@H]1C[C@@H]2CCCC[C@H]2[C@@H]1/C=[CH]/[Sn]([CH2]CCC)([CH2]CCC)[CH2]CCC)([CH2]CCC)[CH2]CCC. The number of hydrogen-bond acceptors (Lipinski definition) is 2. The van der Waals surface area contributed by atoms with E-state index in [0.717, 1.165) is 47.6 Å². The average molecular weight is 949 g/mol. The quantitative estimate of drug-likeness (QED) is 0.0603. The van der Waals surface area contributed by atoms with Crippen molar-refractivity contribution < 1.29 is 0 Å². The van der Waals surface area contributed by atoms with E-state index in [1.807, 2.05) is 0 Å². The summed E-state index contributed by atoms with van der Waals surface area (Å²) in [5.74, 6) is 5.51. The van der Waals surface area contributed by atoms with Gasteiger partial charge in [0.25, 0.3) is 0 Å². The molecule has 0 radical (unpaired) electrons. The minimum atomic E-state index is -2.27. The Morgan fingerprint density at radius 3 is 1.08 bits per heavy atom. The van der Waals surface area contributed by atoms with Crippen LogP contribution in [-0.4, -0.2) is 61.9 Å². The van der Waals surface area contributed by atoms with Crippen LogP contribution in [0.4, 0.5) is 0 Å². The van der Waals surface area contributed by atoms with Gasteiger partial charge < -0.3 is 0 Å². The fourth-order valence-corrected chi connectivity index (χ4v) is 41.2. The van der Waals surface area contributed by atoms with Crippen molar-refractivity contribution in [2.75, 3.05) is 13.1 Å². The second-order valence-electron chi connectivity index (χ2n) is 19.6. The van der Waals surface area contributed by atoms with Crippen LogP contribution in [0.1, 0.15) is 189 Å². The molecular formula is C49H94N2Sn2. The molecular weight excluding hydrogens is 854 g/mol. The molecule has 8 atom stereocenters. The van der Waals surface area contributed by atoms with Gasteiger partial charge in [-0.15, -0.1) is 0 Å². The molecule has 0 aliphatic heterocycles. The van der Waals surface area contributed by atoms with Gasteiger partial charge in [-0.1, -0.05) is 0 Å². The maximum absolute atomic E-state index is 4.27. The van der Waals surface area contributed by atoms with Gasteiger partial charge in [-0.05, 0) is 0 Å². The van der Waals surface area contributed by atoms with Gasteiger partial charge in [-0.2, -0.15) is 0 Å². The fraction of sp³-hybridized carbons (Fsp3) is 0.918. The van der Waals surface area contributed by atoms with E-state index in [2.05, 4.69) is 72.5 Å². The van der Waals surface area contributed by atoms with E-state index in [1.54, 1.807) is 26.6 Å². The monoisotopic (exact) mass is 951 g/mol. The van der Waals surface area contributed by atoms with E-state index in [1.165, 1.54) is 161 Å². The molecule has 0 saturated heterocycles. The summed E-state index contributed by atoms with van der Waals surface area (Å²) in [6, 6.07) is 1.46. The van der Waals surface area contributed by atoms with E-state index in [9.17, 15) is 0 Å². The Balaban J connectivity index is 1.40. The maximum atomic E-state index is 4.27. The summed E-state index contributed by atoms with van der Waals surface area (Å²) in [4.78, 5) is 0. The Morgan fingerprint density at radius 1 is 0.434 bits per heavy atom. The zero-order valence-corrected chi connectivity index (χ0v) is 42.6. The number of unbranched alkanes of at least 4 members (excludes halogenated alkanes) is 6. The van der Waals surface area contributed by atoms with Crippen LogP contribution in [0.2, 0.25) is 26.6 Å². The molecule has 2 nitrogen and oxygen atoms in total. The van der Waals surface area contributed by atoms with Crippen molar-refractivity contribution in [2.24, 2.45) is 35.5 Å². The standard InChI is InChI=1S/C25H40N2.6C4H9.2Sn/c1-3-20-22-12-7-5-10-18(22)16-24(20)26-14-9-15-27-25-17-19-11-6-8-13-23(19)21(25)4-2;6*1-3-4-2;;/h1-4,18-27H,5-17H2;6*1,3-4H2,2H3;;/t18-,19-,20-,21-,22+,23+,24+,25+;;;;;;;;/m0......../s1. The summed E-state index contributed by atoms with van der Waals surface area (Å²) in [6.45, 7) is 17.0. The number of rotatable bonds is 28. The van der Waals surface area contributed by atoms with Crippen molar-refractivity contribution in [3.8, 4) is 0 Å². The molecule has 0 aromatic rings. The molecule has 0 aromatic carbocycles. The predicted molar refractivity (Wildman–Crippen MR) is 243 cm³/mol. The van der Waals surface area contributed by atoms with Crippen LogP contribution >= 0.6 is 0 Å². The van der Waals surface area contributed by atoms with Crippen LogP contribution in [0, 0.1) is 35.5 Å². The molecule has 4 fully saturated rings. The van der Waals surface area contributed by atoms with Crippen LogP contribution in [0.15, 0.2) is 20.3 Å². The van der Waals surface area contributed by atoms with E-state index in [4.69, 9.17) is 0 Å². The Labute approximate surface area is 341 Å². The molecule has 2 N–H and O–H groups in total. The molecule has 308 valence electrons. The number of hydrogen-bond donors (Lipinski definition) is 2. The molecule has 4 heteroatoms. The van der Waals surface area contributed by atoms with E-state index in [0.29, 0.717) is 0 Å². The van der Waals surface area contributed by atoms with Crippen molar-refractivity contribution in [1.82, 2.24) is 10.6 Å². The third kappa shape index (κ3) is 14.6. The average Bonchev–Trinajstić information content (AvgIpc) is 3.73. The van der Waals surface area contributed by atoms with Crippen LogP contribution in [0.5, 0.6) is 0 Å². The predicted octanol–water partition coefficient (Wildman–Crippen LogP) is 14.8. The molecule has 0 amide bonds. The number of fused-ring (bicyclic) bond motifs is 2. The number of nitrogens with one attached hydrogen (secondary N) is 2. The molecule has 4 saturated carbocycles. The first-order chi connectivity index (χ1) is 26.0. The summed E-state index contributed by atoms with van der Waals surface area (Å²) >= 11 is -4.54. The van der Waals surface area contributed by atoms with Crippen LogP contribution in [0.25, 0.3) is 0 Å². The van der Waals surface area contributed by atoms with E-state index >= 15 is 0 Å². The van der Waals surface area contributed by atoms with Gasteiger partial charge in [0.15, 0.2) is 0 Å². The van der Waals surface area contributed by atoms with Gasteiger partial charge in [-0.25, -0.2) is 0 Å². The third-order valence-corrected chi connectivity index (χ3v) is 43.9. The Hall–Kier alpha value is 0.997. The van der Waals surface area contributed by atoms with Crippen LogP contribution < -0.4 is 10.6 Å². The molecule has 0 heterocycles. The van der Waals surface area contributed by atoms with Gasteiger partial charge in [0, 0.05) is 0 Å². The summed E-state index contributed by atoms with van der Waals surface area (Å²) in [6.07, 6.45) is 39.2. The first-order valence-corrected chi connectivity index (χ1v) is 40.2. The van der Waals surface area contributed by atoms with Crippen molar-refractivity contribution in [2.45, 2.75) is 228 Å². The van der Waals surface area contributed by atoms with Gasteiger partial charge in [0.05, 0.1) is 0 Å². The van der Waals surface area contributed by atoms with E-state index < -0.39 is 36.8 Å². The molecule has 4 rings (SSSR count). The topological polar surface area (TPSA) is 24.1 Å². The second kappa shape index (κ2) is 26.2. The van der Waals surface area contributed by atoms with Crippen molar-refractivity contribution in [3.63, 3.8) is 0 Å². The van der Waals surface area contributed by atoms with Gasteiger partial charge in [0.2, 0.25) is 0 Å². The molecule has 0 spiro atoms. The molecule has 0 aromatic heterocycles. The normalized spacial score (nSPS) is 29.4. The Kier molecular flexibility index (Phi) is 23.1. The molecule has 53 heavy (non-hydrogen) atoms. The van der Waals surface area contributed by atoms with E-state index in [-0.39, 0.29) is 0 Å². The summed E-state index contributed by atoms with van der Waals surface area (Å²) in [5, 5.41) is 8.54. The zero-order chi connectivity index (χ0) is 37.8. The molecule has 0 bridgehead atoms. The molecule has 0 unspecified atom stereocenters. The Bertz CT molecular complexity index is 887. The fourth-order valence-electron chi connectivity index (χ4n) is 12.3. The van der Waals surface area contributed by atoms with Crippen molar-refractivity contribution in [3.05, 3.63) is 20.3 Å².